The molecule has 0 saturated heterocycles. The average Bonchev–Trinajstić information content (AvgIpc) is 1.69. The first-order valence-electron chi connectivity index (χ1n) is 2.59. The topological polar surface area (TPSA) is 3.24 Å². The van der Waals surface area contributed by atoms with Gasteiger partial charge in [-0.15, -0.1) is 0 Å². The van der Waals surface area contributed by atoms with Crippen LogP contribution in [0.25, 0.3) is 0 Å². The monoisotopic (exact) mass is 95.1 g/mol. The van der Waals surface area contributed by atoms with E-state index in [-0.39, 0.29) is 0 Å². The van der Waals surface area contributed by atoms with Crippen LogP contribution in [0, 0.1) is 12.0 Å². The number of nitrogens with zero attached hydrogens (tertiary/aromatic N) is 1. The first-order valence-corrected chi connectivity index (χ1v) is 2.59. The van der Waals surface area contributed by atoms with Crippen LogP contribution in [0.2, 0.25) is 0 Å². The second-order valence-electron chi connectivity index (χ2n) is 1.81. The molecule has 0 aromatic rings. The zero-order valence-electron chi connectivity index (χ0n) is 4.57. The number of rotatable bonds is 0. The third kappa shape index (κ3) is 1.12. The summed E-state index contributed by atoms with van der Waals surface area (Å²) in [5.74, 6) is 3.01. The fourth-order valence-electron chi connectivity index (χ4n) is 0.651. The molecule has 1 heteroatoms. The van der Waals surface area contributed by atoms with Crippen LogP contribution in [0.5, 0.6) is 0 Å². The summed E-state index contributed by atoms with van der Waals surface area (Å²) in [4.78, 5) is 2.03. The van der Waals surface area contributed by atoms with Gasteiger partial charge in [0, 0.05) is 26.1 Å². The minimum absolute atomic E-state index is 1.09. The van der Waals surface area contributed by atoms with E-state index in [0.29, 0.717) is 0 Å². The van der Waals surface area contributed by atoms with Crippen molar-refractivity contribution >= 4 is 0 Å². The van der Waals surface area contributed by atoms with Gasteiger partial charge in [-0.3, -0.25) is 0 Å². The SMILES string of the molecule is CN1C#CCCC1. The summed E-state index contributed by atoms with van der Waals surface area (Å²) in [6.07, 6.45) is 2.33. The van der Waals surface area contributed by atoms with Crippen LogP contribution in [-0.2, 0) is 0 Å². The van der Waals surface area contributed by atoms with E-state index in [1.54, 1.807) is 0 Å². The van der Waals surface area contributed by atoms with Gasteiger partial charge in [-0.2, -0.15) is 0 Å². The Balaban J connectivity index is 2.45. The summed E-state index contributed by atoms with van der Waals surface area (Å²) in [6.45, 7) is 1.15. The maximum absolute atomic E-state index is 3.01. The standard InChI is InChI=1S/C6H9N/c1-7-5-3-2-4-6-7/h2-3,5H2,1H3. The molecule has 1 aliphatic rings. The van der Waals surface area contributed by atoms with Gasteiger partial charge in [0.1, 0.15) is 0 Å². The van der Waals surface area contributed by atoms with Crippen molar-refractivity contribution in [2.45, 2.75) is 12.8 Å². The fraction of sp³-hybridized carbons (Fsp3) is 0.667. The van der Waals surface area contributed by atoms with Crippen molar-refractivity contribution in [3.05, 3.63) is 0 Å². The van der Waals surface area contributed by atoms with Gasteiger partial charge in [-0.25, -0.2) is 0 Å². The second kappa shape index (κ2) is 1.88. The largest absolute Gasteiger partial charge is 0.336 e. The maximum Gasteiger partial charge on any atom is 0.0266 e. The Bertz CT molecular complexity index is 107. The lowest BCUT2D eigenvalue weighted by atomic mass is 10.3. The minimum atomic E-state index is 1.09. The van der Waals surface area contributed by atoms with Crippen molar-refractivity contribution in [3.8, 4) is 12.0 Å². The van der Waals surface area contributed by atoms with E-state index in [2.05, 4.69) is 12.0 Å². The van der Waals surface area contributed by atoms with E-state index in [9.17, 15) is 0 Å². The molecule has 0 N–H and O–H groups in total. The second-order valence-corrected chi connectivity index (χ2v) is 1.81. The summed E-state index contributed by atoms with van der Waals surface area (Å²) in [5, 5.41) is 0. The molecule has 0 bridgehead atoms. The average molecular weight is 95.1 g/mol. The van der Waals surface area contributed by atoms with Crippen LogP contribution in [-0.4, -0.2) is 18.5 Å². The highest BCUT2D eigenvalue weighted by Crippen LogP contribution is 1.94. The van der Waals surface area contributed by atoms with E-state index < -0.39 is 0 Å². The van der Waals surface area contributed by atoms with Gasteiger partial charge in [0.2, 0.25) is 0 Å². The van der Waals surface area contributed by atoms with E-state index in [4.69, 9.17) is 0 Å². The van der Waals surface area contributed by atoms with Crippen LogP contribution in [0.15, 0.2) is 0 Å². The van der Waals surface area contributed by atoms with Gasteiger partial charge in [0.05, 0.1) is 0 Å². The summed E-state index contributed by atoms with van der Waals surface area (Å²) >= 11 is 0. The first kappa shape index (κ1) is 4.52. The Labute approximate surface area is 44.3 Å². The van der Waals surface area contributed by atoms with Crippen molar-refractivity contribution in [3.63, 3.8) is 0 Å². The molecule has 0 fully saturated rings. The molecular formula is C6H9N. The van der Waals surface area contributed by atoms with Crippen molar-refractivity contribution in [2.75, 3.05) is 13.6 Å². The molecule has 38 valence electrons. The Kier molecular flexibility index (Phi) is 1.21. The summed E-state index contributed by atoms with van der Waals surface area (Å²) in [6, 6.07) is 2.97. The molecule has 0 amide bonds. The van der Waals surface area contributed by atoms with Gasteiger partial charge in [-0.1, -0.05) is 5.92 Å². The molecule has 0 spiro atoms. The van der Waals surface area contributed by atoms with Crippen LogP contribution in [0.1, 0.15) is 12.8 Å². The molecule has 0 aromatic carbocycles. The first-order chi connectivity index (χ1) is 3.39. The highest BCUT2D eigenvalue weighted by Gasteiger charge is 1.93. The Hall–Kier alpha value is -0.640. The van der Waals surface area contributed by atoms with Gasteiger partial charge in [0.25, 0.3) is 0 Å². The molecule has 0 aromatic heterocycles. The maximum atomic E-state index is 3.01. The summed E-state index contributed by atoms with van der Waals surface area (Å²) in [5.41, 5.74) is 0. The third-order valence-corrected chi connectivity index (χ3v) is 1.07. The quantitative estimate of drug-likeness (QED) is 0.400. The molecule has 1 nitrogen and oxygen atoms in total. The van der Waals surface area contributed by atoms with E-state index in [0.717, 1.165) is 13.0 Å². The van der Waals surface area contributed by atoms with E-state index in [1.807, 2.05) is 11.9 Å². The van der Waals surface area contributed by atoms with Crippen molar-refractivity contribution < 1.29 is 0 Å². The molecule has 0 unspecified atom stereocenters. The summed E-state index contributed by atoms with van der Waals surface area (Å²) in [7, 11) is 2.02. The zero-order valence-corrected chi connectivity index (χ0v) is 4.57. The normalized spacial score (nSPS) is 18.1. The van der Waals surface area contributed by atoms with E-state index in [1.165, 1.54) is 6.42 Å². The van der Waals surface area contributed by atoms with Gasteiger partial charge in [-0.05, 0) is 6.42 Å². The molecular weight excluding hydrogens is 86.1 g/mol. The molecule has 7 heavy (non-hydrogen) atoms. The van der Waals surface area contributed by atoms with Gasteiger partial charge in [0.15, 0.2) is 0 Å². The smallest absolute Gasteiger partial charge is 0.0266 e. The molecule has 1 rings (SSSR count). The van der Waals surface area contributed by atoms with Crippen LogP contribution < -0.4 is 0 Å². The molecule has 0 aliphatic carbocycles. The lowest BCUT2D eigenvalue weighted by molar-refractivity contribution is 0.459. The zero-order chi connectivity index (χ0) is 5.11. The van der Waals surface area contributed by atoms with Crippen LogP contribution in [0.4, 0.5) is 0 Å². The Morgan fingerprint density at radius 3 is 2.71 bits per heavy atom. The lowest BCUT2D eigenvalue weighted by Crippen LogP contribution is -2.15. The minimum Gasteiger partial charge on any atom is -0.336 e. The molecule has 0 radical (unpaired) electrons. The highest BCUT2D eigenvalue weighted by atomic mass is 15.1. The van der Waals surface area contributed by atoms with Gasteiger partial charge < -0.3 is 4.90 Å². The predicted octanol–water partition coefficient (Wildman–Crippen LogP) is 0.673. The van der Waals surface area contributed by atoms with Crippen molar-refractivity contribution in [2.24, 2.45) is 0 Å². The molecule has 1 aliphatic heterocycles. The van der Waals surface area contributed by atoms with Crippen LogP contribution >= 0.6 is 0 Å². The highest BCUT2D eigenvalue weighted by molar-refractivity contribution is 5.00. The molecule has 1 heterocycles. The third-order valence-electron chi connectivity index (χ3n) is 1.07. The lowest BCUT2D eigenvalue weighted by Gasteiger charge is -2.11. The Morgan fingerprint density at radius 1 is 1.57 bits per heavy atom. The summed E-state index contributed by atoms with van der Waals surface area (Å²) < 4.78 is 0. The van der Waals surface area contributed by atoms with E-state index >= 15 is 0 Å². The van der Waals surface area contributed by atoms with Crippen molar-refractivity contribution in [1.29, 1.82) is 0 Å². The predicted molar refractivity (Wildman–Crippen MR) is 29.6 cm³/mol. The Morgan fingerprint density at radius 2 is 2.43 bits per heavy atom. The molecule has 0 saturated carbocycles. The fourth-order valence-corrected chi connectivity index (χ4v) is 0.651. The van der Waals surface area contributed by atoms with Gasteiger partial charge >= 0.3 is 0 Å². The number of hydrogen-bond donors (Lipinski definition) is 0. The van der Waals surface area contributed by atoms with Crippen molar-refractivity contribution in [1.82, 2.24) is 4.90 Å². The molecule has 0 atom stereocenters. The number of hydrogen-bond acceptors (Lipinski definition) is 1. The van der Waals surface area contributed by atoms with Crippen LogP contribution in [0.3, 0.4) is 0 Å².